The van der Waals surface area contributed by atoms with Crippen molar-refractivity contribution in [1.82, 2.24) is 14.9 Å². The van der Waals surface area contributed by atoms with E-state index in [1.807, 2.05) is 31.2 Å². The number of carbonyl (C=O) groups excluding carboxylic acids is 1. The zero-order valence-electron chi connectivity index (χ0n) is 14.9. The molecular formula is C20H19N3O3S. The summed E-state index contributed by atoms with van der Waals surface area (Å²) in [6, 6.07) is 12.7. The van der Waals surface area contributed by atoms with Gasteiger partial charge < -0.3 is 10.1 Å². The van der Waals surface area contributed by atoms with Gasteiger partial charge in [0.25, 0.3) is 11.5 Å². The maximum atomic E-state index is 12.6. The lowest BCUT2D eigenvalue weighted by Gasteiger charge is -2.11. The fourth-order valence-electron chi connectivity index (χ4n) is 3.10. The normalized spacial score (nSPS) is 12.8. The van der Waals surface area contributed by atoms with E-state index in [0.717, 1.165) is 22.2 Å². The van der Waals surface area contributed by atoms with Crippen molar-refractivity contribution < 1.29 is 9.53 Å². The number of thioether (sulfide) groups is 1. The molecule has 1 aliphatic rings. The molecule has 3 aromatic rings. The number of nitrogens with one attached hydrogen (secondary N) is 1. The third-order valence-electron chi connectivity index (χ3n) is 4.44. The summed E-state index contributed by atoms with van der Waals surface area (Å²) in [6.07, 6.45) is 0. The molecule has 1 aromatic heterocycles. The van der Waals surface area contributed by atoms with Crippen LogP contribution >= 0.6 is 11.8 Å². The van der Waals surface area contributed by atoms with Gasteiger partial charge in [-0.2, -0.15) is 0 Å². The Morgan fingerprint density at radius 1 is 1.30 bits per heavy atom. The van der Waals surface area contributed by atoms with Crippen LogP contribution in [0.2, 0.25) is 0 Å². The van der Waals surface area contributed by atoms with Crippen LogP contribution in [-0.2, 0) is 13.1 Å². The predicted molar refractivity (Wildman–Crippen MR) is 106 cm³/mol. The minimum atomic E-state index is -0.210. The number of amides is 1. The predicted octanol–water partition coefficient (Wildman–Crippen LogP) is 2.83. The van der Waals surface area contributed by atoms with Crippen molar-refractivity contribution in [2.24, 2.45) is 0 Å². The summed E-state index contributed by atoms with van der Waals surface area (Å²) in [7, 11) is 0. The van der Waals surface area contributed by atoms with E-state index in [-0.39, 0.29) is 11.5 Å². The van der Waals surface area contributed by atoms with Crippen LogP contribution in [0.5, 0.6) is 5.75 Å². The first kappa shape index (κ1) is 17.6. The maximum Gasteiger partial charge on any atom is 0.262 e. The van der Waals surface area contributed by atoms with Crippen molar-refractivity contribution in [2.45, 2.75) is 25.2 Å². The average molecular weight is 381 g/mol. The van der Waals surface area contributed by atoms with Gasteiger partial charge in [-0.15, -0.1) is 0 Å². The quantitative estimate of drug-likeness (QED) is 0.688. The molecule has 2 aromatic carbocycles. The van der Waals surface area contributed by atoms with Crippen molar-refractivity contribution in [2.75, 3.05) is 12.4 Å². The summed E-state index contributed by atoms with van der Waals surface area (Å²) in [5.41, 5.74) is 1.91. The molecule has 0 fully saturated rings. The first-order valence-electron chi connectivity index (χ1n) is 8.83. The summed E-state index contributed by atoms with van der Waals surface area (Å²) in [5, 5.41) is 4.17. The molecule has 6 nitrogen and oxygen atoms in total. The van der Waals surface area contributed by atoms with Gasteiger partial charge in [-0.1, -0.05) is 30.0 Å². The molecule has 138 valence electrons. The molecule has 0 radical (unpaired) electrons. The molecule has 0 saturated carbocycles. The second kappa shape index (κ2) is 7.44. The Kier molecular flexibility index (Phi) is 4.85. The third kappa shape index (κ3) is 3.42. The van der Waals surface area contributed by atoms with Crippen LogP contribution in [0.15, 0.2) is 52.4 Å². The zero-order chi connectivity index (χ0) is 18.8. The van der Waals surface area contributed by atoms with Crippen molar-refractivity contribution in [3.8, 4) is 5.75 Å². The lowest BCUT2D eigenvalue weighted by Crippen LogP contribution is -2.24. The van der Waals surface area contributed by atoms with Crippen LogP contribution in [0.25, 0.3) is 10.9 Å². The molecular weight excluding hydrogens is 362 g/mol. The number of para-hydroxylation sites is 1. The number of hydrogen-bond acceptors (Lipinski definition) is 5. The highest BCUT2D eigenvalue weighted by atomic mass is 32.2. The maximum absolute atomic E-state index is 12.6. The Morgan fingerprint density at radius 3 is 3.00 bits per heavy atom. The van der Waals surface area contributed by atoms with E-state index >= 15 is 0 Å². The Labute approximate surface area is 160 Å². The van der Waals surface area contributed by atoms with Crippen LogP contribution in [0.3, 0.4) is 0 Å². The number of ether oxygens (including phenoxy) is 1. The first-order chi connectivity index (χ1) is 13.2. The summed E-state index contributed by atoms with van der Waals surface area (Å²) in [5.74, 6) is 1.41. The van der Waals surface area contributed by atoms with Crippen molar-refractivity contribution in [1.29, 1.82) is 0 Å². The van der Waals surface area contributed by atoms with Crippen molar-refractivity contribution in [3.05, 3.63) is 63.9 Å². The molecule has 4 rings (SSSR count). The van der Waals surface area contributed by atoms with Gasteiger partial charge in [0.1, 0.15) is 5.75 Å². The Balaban J connectivity index is 1.57. The van der Waals surface area contributed by atoms with E-state index in [2.05, 4.69) is 10.3 Å². The number of fused-ring (bicyclic) bond motifs is 2. The van der Waals surface area contributed by atoms with Gasteiger partial charge in [0.05, 0.1) is 17.5 Å². The first-order valence-corrected chi connectivity index (χ1v) is 9.82. The summed E-state index contributed by atoms with van der Waals surface area (Å²) >= 11 is 1.56. The van der Waals surface area contributed by atoms with Crippen LogP contribution < -0.4 is 15.6 Å². The van der Waals surface area contributed by atoms with Gasteiger partial charge >= 0.3 is 0 Å². The summed E-state index contributed by atoms with van der Waals surface area (Å²) < 4.78 is 7.28. The molecule has 0 bridgehead atoms. The standard InChI is InChI=1S/C20H19N3O3S/c1-2-26-17-6-4-3-5-14(17)12-21-18(24)13-7-8-15-16(11-13)22-20-23(19(15)25)9-10-27-20/h3-8,11H,2,9-10,12H2,1H3,(H,21,24). The van der Waals surface area contributed by atoms with Gasteiger partial charge in [-0.25, -0.2) is 4.98 Å². The molecule has 2 heterocycles. The van der Waals surface area contributed by atoms with Crippen LogP contribution in [-0.4, -0.2) is 27.8 Å². The number of rotatable bonds is 5. The highest BCUT2D eigenvalue weighted by Gasteiger charge is 2.17. The molecule has 0 aliphatic carbocycles. The van der Waals surface area contributed by atoms with Crippen molar-refractivity contribution >= 4 is 28.6 Å². The van der Waals surface area contributed by atoms with E-state index in [4.69, 9.17) is 4.74 Å². The van der Waals surface area contributed by atoms with Gasteiger partial charge in [0.2, 0.25) is 0 Å². The number of carbonyl (C=O) groups is 1. The van der Waals surface area contributed by atoms with Crippen molar-refractivity contribution in [3.63, 3.8) is 0 Å². The summed E-state index contributed by atoms with van der Waals surface area (Å²) in [4.78, 5) is 29.6. The molecule has 1 N–H and O–H groups in total. The van der Waals surface area contributed by atoms with Crippen LogP contribution in [0, 0.1) is 0 Å². The SMILES string of the molecule is CCOc1ccccc1CNC(=O)c1ccc2c(=O)n3c(nc2c1)SCC3. The topological polar surface area (TPSA) is 73.2 Å². The summed E-state index contributed by atoms with van der Waals surface area (Å²) in [6.45, 7) is 3.54. The highest BCUT2D eigenvalue weighted by Crippen LogP contribution is 2.24. The lowest BCUT2D eigenvalue weighted by atomic mass is 10.1. The minimum absolute atomic E-state index is 0.0439. The van der Waals surface area contributed by atoms with Gasteiger partial charge in [-0.05, 0) is 31.2 Å². The molecule has 0 saturated heterocycles. The zero-order valence-corrected chi connectivity index (χ0v) is 15.7. The monoisotopic (exact) mass is 381 g/mol. The second-order valence-electron chi connectivity index (χ2n) is 6.15. The van der Waals surface area contributed by atoms with Gasteiger partial charge in [0.15, 0.2) is 5.16 Å². The number of hydrogen-bond donors (Lipinski definition) is 1. The number of aromatic nitrogens is 2. The van der Waals surface area contributed by atoms with E-state index in [9.17, 15) is 9.59 Å². The van der Waals surface area contributed by atoms with E-state index in [1.54, 1.807) is 34.5 Å². The van der Waals surface area contributed by atoms with Gasteiger partial charge in [0, 0.05) is 30.0 Å². The molecule has 7 heteroatoms. The van der Waals surface area contributed by atoms with E-state index in [1.165, 1.54) is 0 Å². The van der Waals surface area contributed by atoms with E-state index in [0.29, 0.717) is 36.2 Å². The van der Waals surface area contributed by atoms with Crippen LogP contribution in [0.4, 0.5) is 0 Å². The largest absolute Gasteiger partial charge is 0.494 e. The third-order valence-corrected chi connectivity index (χ3v) is 5.40. The molecule has 1 amide bonds. The fraction of sp³-hybridized carbons (Fsp3) is 0.250. The molecule has 0 spiro atoms. The minimum Gasteiger partial charge on any atom is -0.494 e. The molecule has 1 aliphatic heterocycles. The van der Waals surface area contributed by atoms with Gasteiger partial charge in [-0.3, -0.25) is 14.2 Å². The fourth-order valence-corrected chi connectivity index (χ4v) is 4.05. The Hall–Kier alpha value is -2.80. The smallest absolute Gasteiger partial charge is 0.262 e. The lowest BCUT2D eigenvalue weighted by molar-refractivity contribution is 0.0950. The Bertz CT molecular complexity index is 1080. The highest BCUT2D eigenvalue weighted by molar-refractivity contribution is 7.99. The Morgan fingerprint density at radius 2 is 2.15 bits per heavy atom. The number of benzene rings is 2. The molecule has 0 unspecified atom stereocenters. The van der Waals surface area contributed by atoms with Crippen LogP contribution in [0.1, 0.15) is 22.8 Å². The average Bonchev–Trinajstić information content (AvgIpc) is 3.16. The van der Waals surface area contributed by atoms with E-state index < -0.39 is 0 Å². The second-order valence-corrected chi connectivity index (χ2v) is 7.22. The molecule has 0 atom stereocenters. The molecule has 27 heavy (non-hydrogen) atoms. The number of nitrogens with zero attached hydrogens (tertiary/aromatic N) is 2.